The van der Waals surface area contributed by atoms with Crippen LogP contribution in [0.15, 0.2) is 0 Å². The lowest BCUT2D eigenvalue weighted by molar-refractivity contribution is -0.148. The Morgan fingerprint density at radius 1 is 1.20 bits per heavy atom. The van der Waals surface area contributed by atoms with E-state index in [4.69, 9.17) is 9.47 Å². The van der Waals surface area contributed by atoms with Crippen molar-refractivity contribution in [3.8, 4) is 0 Å². The van der Waals surface area contributed by atoms with Crippen molar-refractivity contribution in [1.29, 1.82) is 0 Å². The van der Waals surface area contributed by atoms with Crippen molar-refractivity contribution in [3.63, 3.8) is 0 Å². The highest BCUT2D eigenvalue weighted by molar-refractivity contribution is 9.09. The lowest BCUT2D eigenvalue weighted by Gasteiger charge is -2.31. The summed E-state index contributed by atoms with van der Waals surface area (Å²) in [6.45, 7) is 7.25. The van der Waals surface area contributed by atoms with Crippen LogP contribution in [0.2, 0.25) is 0 Å². The quantitative estimate of drug-likeness (QED) is 0.487. The topological polar surface area (TPSA) is 93.7 Å². The number of carbonyl (C=O) groups is 3. The molecular formula is C17H29BrN2O5. The second kappa shape index (κ2) is 9.40. The van der Waals surface area contributed by atoms with E-state index in [-0.39, 0.29) is 12.5 Å². The van der Waals surface area contributed by atoms with Gasteiger partial charge >= 0.3 is 12.1 Å². The van der Waals surface area contributed by atoms with Gasteiger partial charge in [0.1, 0.15) is 17.2 Å². The summed E-state index contributed by atoms with van der Waals surface area (Å²) in [7, 11) is 0. The van der Waals surface area contributed by atoms with E-state index in [1.165, 1.54) is 0 Å². The van der Waals surface area contributed by atoms with Crippen LogP contribution in [0.4, 0.5) is 4.79 Å². The molecule has 1 fully saturated rings. The van der Waals surface area contributed by atoms with Crippen LogP contribution in [0.25, 0.3) is 0 Å². The third-order valence-electron chi connectivity index (χ3n) is 3.91. The van der Waals surface area contributed by atoms with Crippen molar-refractivity contribution >= 4 is 33.9 Å². The number of alkyl carbamates (subject to hydrolysis) is 1. The largest absolute Gasteiger partial charge is 0.464 e. The molecule has 1 aliphatic carbocycles. The Hall–Kier alpha value is -1.31. The molecule has 0 spiro atoms. The van der Waals surface area contributed by atoms with Crippen molar-refractivity contribution in [1.82, 2.24) is 10.6 Å². The standard InChI is InChI=1S/C17H29BrN2O5/c1-5-24-13(21)12(8-11-18)19-14(22)17(9-6-7-10-17)20-15(23)25-16(2,3)4/h12H,5-11H2,1-4H3,(H,19,22)(H,20,23). The average Bonchev–Trinajstić information content (AvgIpc) is 2.94. The van der Waals surface area contributed by atoms with Gasteiger partial charge in [-0.2, -0.15) is 0 Å². The van der Waals surface area contributed by atoms with Crippen molar-refractivity contribution in [3.05, 3.63) is 0 Å². The lowest BCUT2D eigenvalue weighted by atomic mass is 9.95. The normalized spacial score (nSPS) is 17.5. The monoisotopic (exact) mass is 420 g/mol. The fourth-order valence-corrected chi connectivity index (χ4v) is 3.24. The van der Waals surface area contributed by atoms with Crippen LogP contribution in [0.1, 0.15) is 59.8 Å². The molecule has 7 nitrogen and oxygen atoms in total. The number of nitrogens with one attached hydrogen (secondary N) is 2. The van der Waals surface area contributed by atoms with Crippen molar-refractivity contribution in [2.24, 2.45) is 0 Å². The second-order valence-corrected chi connectivity index (χ2v) is 7.96. The second-order valence-electron chi connectivity index (χ2n) is 7.17. The Morgan fingerprint density at radius 3 is 2.28 bits per heavy atom. The zero-order valence-corrected chi connectivity index (χ0v) is 17.0. The Balaban J connectivity index is 2.83. The van der Waals surface area contributed by atoms with Gasteiger partial charge in [-0.15, -0.1) is 0 Å². The number of halogens is 1. The van der Waals surface area contributed by atoms with E-state index in [2.05, 4.69) is 26.6 Å². The van der Waals surface area contributed by atoms with Crippen LogP contribution < -0.4 is 10.6 Å². The number of hydrogen-bond donors (Lipinski definition) is 2. The Bertz CT molecular complexity index is 484. The highest BCUT2D eigenvalue weighted by atomic mass is 79.9. The van der Waals surface area contributed by atoms with Crippen molar-refractivity contribution in [2.75, 3.05) is 11.9 Å². The number of hydrogen-bond acceptors (Lipinski definition) is 5. The molecule has 0 bridgehead atoms. The van der Waals surface area contributed by atoms with Gasteiger partial charge in [-0.05, 0) is 47.0 Å². The third kappa shape index (κ3) is 6.84. The first kappa shape index (κ1) is 21.7. The van der Waals surface area contributed by atoms with Crippen LogP contribution in [0, 0.1) is 0 Å². The summed E-state index contributed by atoms with van der Waals surface area (Å²) < 4.78 is 10.3. The smallest absolute Gasteiger partial charge is 0.408 e. The summed E-state index contributed by atoms with van der Waals surface area (Å²) in [4.78, 5) is 37.0. The number of amides is 2. The maximum Gasteiger partial charge on any atom is 0.408 e. The van der Waals surface area contributed by atoms with Gasteiger partial charge < -0.3 is 20.1 Å². The number of carbonyl (C=O) groups excluding carboxylic acids is 3. The summed E-state index contributed by atoms with van der Waals surface area (Å²) in [5.74, 6) is -0.837. The van der Waals surface area contributed by atoms with Crippen molar-refractivity contribution < 1.29 is 23.9 Å². The zero-order valence-electron chi connectivity index (χ0n) is 15.4. The first-order chi connectivity index (χ1) is 11.6. The zero-order chi connectivity index (χ0) is 19.1. The summed E-state index contributed by atoms with van der Waals surface area (Å²) >= 11 is 3.28. The maximum atomic E-state index is 12.9. The van der Waals surface area contributed by atoms with E-state index < -0.39 is 29.2 Å². The summed E-state index contributed by atoms with van der Waals surface area (Å²) in [6.07, 6.45) is 2.46. The number of ether oxygens (including phenoxy) is 2. The van der Waals surface area contributed by atoms with Gasteiger partial charge in [0, 0.05) is 5.33 Å². The predicted octanol–water partition coefficient (Wildman–Crippen LogP) is 2.66. The van der Waals surface area contributed by atoms with Gasteiger partial charge in [0.2, 0.25) is 5.91 Å². The minimum absolute atomic E-state index is 0.245. The van der Waals surface area contributed by atoms with Gasteiger partial charge in [0.25, 0.3) is 0 Å². The summed E-state index contributed by atoms with van der Waals surface area (Å²) in [5.41, 5.74) is -1.69. The molecule has 0 heterocycles. The molecule has 144 valence electrons. The van der Waals surface area contributed by atoms with Gasteiger partial charge in [-0.1, -0.05) is 28.8 Å². The number of alkyl halides is 1. The van der Waals surface area contributed by atoms with Crippen LogP contribution in [-0.4, -0.2) is 47.1 Å². The van der Waals surface area contributed by atoms with E-state index in [0.29, 0.717) is 24.6 Å². The highest BCUT2D eigenvalue weighted by Crippen LogP contribution is 2.30. The van der Waals surface area contributed by atoms with E-state index in [9.17, 15) is 14.4 Å². The molecule has 1 aliphatic rings. The van der Waals surface area contributed by atoms with Crippen LogP contribution in [0.3, 0.4) is 0 Å². The molecule has 25 heavy (non-hydrogen) atoms. The van der Waals surface area contributed by atoms with Crippen molar-refractivity contribution in [2.45, 2.75) is 77.0 Å². The Labute approximate surface area is 157 Å². The fraction of sp³-hybridized carbons (Fsp3) is 0.824. The Kier molecular flexibility index (Phi) is 8.18. The first-order valence-electron chi connectivity index (χ1n) is 8.68. The van der Waals surface area contributed by atoms with Gasteiger partial charge in [-0.3, -0.25) is 4.79 Å². The Morgan fingerprint density at radius 2 is 1.80 bits per heavy atom. The molecule has 1 atom stereocenters. The minimum atomic E-state index is -1.04. The average molecular weight is 421 g/mol. The fourth-order valence-electron chi connectivity index (χ4n) is 2.78. The molecule has 2 N–H and O–H groups in total. The van der Waals surface area contributed by atoms with Crippen LogP contribution in [-0.2, 0) is 19.1 Å². The molecule has 0 aromatic rings. The SMILES string of the molecule is CCOC(=O)C(CCBr)NC(=O)C1(NC(=O)OC(C)(C)C)CCCC1. The molecule has 1 saturated carbocycles. The van der Waals surface area contributed by atoms with E-state index in [1.807, 2.05) is 0 Å². The van der Waals surface area contributed by atoms with Crippen LogP contribution in [0.5, 0.6) is 0 Å². The minimum Gasteiger partial charge on any atom is -0.464 e. The number of rotatable bonds is 7. The maximum absolute atomic E-state index is 12.9. The third-order valence-corrected chi connectivity index (χ3v) is 4.36. The molecule has 8 heteroatoms. The molecule has 2 amide bonds. The molecule has 1 unspecified atom stereocenters. The molecule has 0 saturated heterocycles. The van der Waals surface area contributed by atoms with Gasteiger partial charge in [0.05, 0.1) is 6.61 Å². The predicted molar refractivity (Wildman–Crippen MR) is 97.5 cm³/mol. The molecule has 0 radical (unpaired) electrons. The van der Waals surface area contributed by atoms with Gasteiger partial charge in [-0.25, -0.2) is 9.59 Å². The van der Waals surface area contributed by atoms with E-state index in [0.717, 1.165) is 12.8 Å². The van der Waals surface area contributed by atoms with E-state index in [1.54, 1.807) is 27.7 Å². The van der Waals surface area contributed by atoms with E-state index >= 15 is 0 Å². The van der Waals surface area contributed by atoms with Gasteiger partial charge in [0.15, 0.2) is 0 Å². The summed E-state index contributed by atoms with van der Waals surface area (Å²) in [5, 5.41) is 6.01. The molecule has 0 aliphatic heterocycles. The van der Waals surface area contributed by atoms with Crippen LogP contribution >= 0.6 is 15.9 Å². The molecule has 1 rings (SSSR count). The number of esters is 1. The highest BCUT2D eigenvalue weighted by Gasteiger charge is 2.44. The molecular weight excluding hydrogens is 392 g/mol. The lowest BCUT2D eigenvalue weighted by Crippen LogP contribution is -2.60. The molecule has 0 aromatic heterocycles. The summed E-state index contributed by atoms with van der Waals surface area (Å²) in [6, 6.07) is -0.746. The first-order valence-corrected chi connectivity index (χ1v) is 9.80. The molecule has 0 aromatic carbocycles.